The molecule has 0 atom stereocenters. The molecule has 0 radical (unpaired) electrons. The fourth-order valence-corrected chi connectivity index (χ4v) is 2.61. The number of carbonyl (C=O) groups is 2. The van der Waals surface area contributed by atoms with Gasteiger partial charge in [0.25, 0.3) is 5.91 Å². The van der Waals surface area contributed by atoms with E-state index in [4.69, 9.17) is 4.42 Å². The van der Waals surface area contributed by atoms with Gasteiger partial charge in [0.1, 0.15) is 16.9 Å². The summed E-state index contributed by atoms with van der Waals surface area (Å²) in [4.78, 5) is 23.5. The SMILES string of the molecule is Cc1c(C(=O)NC2(C(=O)O)CCC2)oc2ccc(F)cc12. The van der Waals surface area contributed by atoms with Gasteiger partial charge in [-0.2, -0.15) is 0 Å². The Bertz CT molecular complexity index is 745. The predicted octanol–water partition coefficient (Wildman–Crippen LogP) is 2.62. The van der Waals surface area contributed by atoms with Crippen molar-refractivity contribution in [2.75, 3.05) is 0 Å². The first-order valence-corrected chi connectivity index (χ1v) is 6.67. The van der Waals surface area contributed by atoms with Crippen LogP contribution in [-0.4, -0.2) is 22.5 Å². The molecule has 0 spiro atoms. The average molecular weight is 291 g/mol. The van der Waals surface area contributed by atoms with Crippen LogP contribution in [0.15, 0.2) is 22.6 Å². The van der Waals surface area contributed by atoms with E-state index >= 15 is 0 Å². The van der Waals surface area contributed by atoms with Gasteiger partial charge in [-0.1, -0.05) is 0 Å². The van der Waals surface area contributed by atoms with Gasteiger partial charge in [0.2, 0.25) is 0 Å². The number of fused-ring (bicyclic) bond motifs is 1. The summed E-state index contributed by atoms with van der Waals surface area (Å²) >= 11 is 0. The van der Waals surface area contributed by atoms with E-state index in [1.165, 1.54) is 18.2 Å². The Morgan fingerprint density at radius 1 is 1.38 bits per heavy atom. The van der Waals surface area contributed by atoms with Crippen molar-refractivity contribution in [1.29, 1.82) is 0 Å². The standard InChI is InChI=1S/C15H14FNO4/c1-8-10-7-9(16)3-4-11(10)21-12(8)13(18)17-15(14(19)20)5-2-6-15/h3-4,7H,2,5-6H2,1H3,(H,17,18)(H,19,20). The number of halogens is 1. The van der Waals surface area contributed by atoms with Crippen molar-refractivity contribution in [3.05, 3.63) is 35.3 Å². The number of furan rings is 1. The molecule has 1 amide bonds. The third kappa shape index (κ3) is 2.07. The van der Waals surface area contributed by atoms with Crippen LogP contribution < -0.4 is 5.32 Å². The first-order chi connectivity index (χ1) is 9.93. The van der Waals surface area contributed by atoms with Crippen LogP contribution in [-0.2, 0) is 4.79 Å². The Morgan fingerprint density at radius 3 is 2.67 bits per heavy atom. The van der Waals surface area contributed by atoms with Gasteiger partial charge in [0, 0.05) is 10.9 Å². The van der Waals surface area contributed by atoms with Gasteiger partial charge in [-0.05, 0) is 44.4 Å². The molecule has 2 aromatic rings. The molecule has 0 unspecified atom stereocenters. The van der Waals surface area contributed by atoms with Crippen molar-refractivity contribution in [3.63, 3.8) is 0 Å². The van der Waals surface area contributed by atoms with Crippen molar-refractivity contribution in [2.24, 2.45) is 0 Å². The normalized spacial score (nSPS) is 16.5. The number of aliphatic carboxylic acids is 1. The monoisotopic (exact) mass is 291 g/mol. The molecule has 2 N–H and O–H groups in total. The predicted molar refractivity (Wildman–Crippen MR) is 72.6 cm³/mol. The molecule has 0 bridgehead atoms. The third-order valence-corrected chi connectivity index (χ3v) is 4.07. The van der Waals surface area contributed by atoms with Gasteiger partial charge in [0.05, 0.1) is 0 Å². The van der Waals surface area contributed by atoms with E-state index < -0.39 is 23.2 Å². The number of rotatable bonds is 3. The van der Waals surface area contributed by atoms with Gasteiger partial charge in [-0.3, -0.25) is 4.79 Å². The zero-order valence-corrected chi connectivity index (χ0v) is 11.4. The second-order valence-electron chi connectivity index (χ2n) is 5.39. The van der Waals surface area contributed by atoms with Crippen molar-refractivity contribution in [1.82, 2.24) is 5.32 Å². The summed E-state index contributed by atoms with van der Waals surface area (Å²) in [6.07, 6.45) is 1.57. The number of nitrogens with one attached hydrogen (secondary N) is 1. The molecule has 3 rings (SSSR count). The Kier molecular flexibility index (Phi) is 2.97. The summed E-state index contributed by atoms with van der Waals surface area (Å²) < 4.78 is 18.7. The van der Waals surface area contributed by atoms with Crippen molar-refractivity contribution in [2.45, 2.75) is 31.7 Å². The van der Waals surface area contributed by atoms with Crippen LogP contribution >= 0.6 is 0 Å². The molecule has 5 nitrogen and oxygen atoms in total. The number of carboxylic acid groups (broad SMARTS) is 1. The molecule has 1 fully saturated rings. The lowest BCUT2D eigenvalue weighted by Crippen LogP contribution is -2.59. The highest BCUT2D eigenvalue weighted by atomic mass is 19.1. The van der Waals surface area contributed by atoms with E-state index in [-0.39, 0.29) is 5.76 Å². The number of carbonyl (C=O) groups excluding carboxylic acids is 1. The maximum atomic E-state index is 13.2. The van der Waals surface area contributed by atoms with Crippen LogP contribution in [0.4, 0.5) is 4.39 Å². The molecule has 1 aromatic heterocycles. The van der Waals surface area contributed by atoms with Gasteiger partial charge >= 0.3 is 5.97 Å². The fraction of sp³-hybridized carbons (Fsp3) is 0.333. The van der Waals surface area contributed by atoms with Crippen LogP contribution in [0.5, 0.6) is 0 Å². The molecule has 1 saturated carbocycles. The molecule has 1 aromatic carbocycles. The highest BCUT2D eigenvalue weighted by molar-refractivity contribution is 6.01. The number of aryl methyl sites for hydroxylation is 1. The van der Waals surface area contributed by atoms with Crippen LogP contribution in [0, 0.1) is 12.7 Å². The maximum Gasteiger partial charge on any atom is 0.329 e. The van der Waals surface area contributed by atoms with Gasteiger partial charge in [-0.25, -0.2) is 9.18 Å². The molecular weight excluding hydrogens is 277 g/mol. The van der Waals surface area contributed by atoms with E-state index in [0.717, 1.165) is 6.42 Å². The van der Waals surface area contributed by atoms with Crippen molar-refractivity contribution >= 4 is 22.8 Å². The average Bonchev–Trinajstić information content (AvgIpc) is 2.71. The number of carboxylic acids is 1. The summed E-state index contributed by atoms with van der Waals surface area (Å²) in [5.74, 6) is -2.00. The second kappa shape index (κ2) is 4.58. The van der Waals surface area contributed by atoms with E-state index in [1.807, 2.05) is 0 Å². The molecule has 1 aliphatic carbocycles. The van der Waals surface area contributed by atoms with Gasteiger partial charge in [0.15, 0.2) is 5.76 Å². The lowest BCUT2D eigenvalue weighted by molar-refractivity contribution is -0.148. The Balaban J connectivity index is 1.95. The fourth-order valence-electron chi connectivity index (χ4n) is 2.61. The van der Waals surface area contributed by atoms with Gasteiger partial charge < -0.3 is 14.8 Å². The topological polar surface area (TPSA) is 79.5 Å². The quantitative estimate of drug-likeness (QED) is 0.911. The molecule has 21 heavy (non-hydrogen) atoms. The van der Waals surface area contributed by atoms with E-state index in [2.05, 4.69) is 5.32 Å². The lowest BCUT2D eigenvalue weighted by atomic mass is 9.76. The highest BCUT2D eigenvalue weighted by Crippen LogP contribution is 2.33. The number of amides is 1. The van der Waals surface area contributed by atoms with Crippen LogP contribution in [0.3, 0.4) is 0 Å². The molecule has 6 heteroatoms. The third-order valence-electron chi connectivity index (χ3n) is 4.07. The minimum absolute atomic E-state index is 0.0307. The second-order valence-corrected chi connectivity index (χ2v) is 5.39. The van der Waals surface area contributed by atoms with E-state index in [9.17, 15) is 19.1 Å². The molecular formula is C15H14FNO4. The van der Waals surface area contributed by atoms with Crippen molar-refractivity contribution < 1.29 is 23.5 Å². The highest BCUT2D eigenvalue weighted by Gasteiger charge is 2.46. The Morgan fingerprint density at radius 2 is 2.10 bits per heavy atom. The van der Waals surface area contributed by atoms with Crippen LogP contribution in [0.1, 0.15) is 35.4 Å². The minimum atomic E-state index is -1.20. The minimum Gasteiger partial charge on any atom is -0.480 e. The van der Waals surface area contributed by atoms with Crippen LogP contribution in [0.2, 0.25) is 0 Å². The summed E-state index contributed by atoms with van der Waals surface area (Å²) in [7, 11) is 0. The smallest absolute Gasteiger partial charge is 0.329 e. The zero-order chi connectivity index (χ0) is 15.2. The number of benzene rings is 1. The first kappa shape index (κ1) is 13.6. The summed E-state index contributed by atoms with van der Waals surface area (Å²) in [5, 5.41) is 12.3. The van der Waals surface area contributed by atoms with E-state index in [0.29, 0.717) is 29.4 Å². The van der Waals surface area contributed by atoms with Gasteiger partial charge in [-0.15, -0.1) is 0 Å². The zero-order valence-electron chi connectivity index (χ0n) is 11.4. The Hall–Kier alpha value is -2.37. The maximum absolute atomic E-state index is 13.2. The largest absolute Gasteiger partial charge is 0.480 e. The molecule has 1 aliphatic rings. The number of hydrogen-bond donors (Lipinski definition) is 2. The van der Waals surface area contributed by atoms with Crippen molar-refractivity contribution in [3.8, 4) is 0 Å². The Labute approximate surface area is 119 Å². The summed E-state index contributed by atoms with van der Waals surface area (Å²) in [6.45, 7) is 1.65. The molecule has 1 heterocycles. The van der Waals surface area contributed by atoms with Crippen LogP contribution in [0.25, 0.3) is 11.0 Å². The first-order valence-electron chi connectivity index (χ1n) is 6.67. The molecule has 0 saturated heterocycles. The van der Waals surface area contributed by atoms with E-state index in [1.54, 1.807) is 6.92 Å². The molecule has 110 valence electrons. The number of hydrogen-bond acceptors (Lipinski definition) is 3. The summed E-state index contributed by atoms with van der Waals surface area (Å²) in [5.41, 5.74) is -0.299. The summed E-state index contributed by atoms with van der Waals surface area (Å²) in [6, 6.07) is 3.99. The lowest BCUT2D eigenvalue weighted by Gasteiger charge is -2.37. The molecule has 0 aliphatic heterocycles.